The van der Waals surface area contributed by atoms with Crippen LogP contribution in [0.4, 0.5) is 4.39 Å². The minimum Gasteiger partial charge on any atom is -0.367 e. The Bertz CT molecular complexity index is 548. The van der Waals surface area contributed by atoms with Gasteiger partial charge in [0.15, 0.2) is 6.29 Å². The first kappa shape index (κ1) is 20.1. The van der Waals surface area contributed by atoms with E-state index in [1.807, 2.05) is 13.8 Å². The Balaban J connectivity index is 2.92. The van der Waals surface area contributed by atoms with Crippen LogP contribution in [0.5, 0.6) is 0 Å². The maximum absolute atomic E-state index is 13.0. The van der Waals surface area contributed by atoms with Crippen LogP contribution in [0.25, 0.3) is 0 Å². The van der Waals surface area contributed by atoms with Crippen molar-refractivity contribution in [2.24, 2.45) is 11.8 Å². The summed E-state index contributed by atoms with van der Waals surface area (Å²) in [7, 11) is 2.78. The van der Waals surface area contributed by atoms with Crippen LogP contribution < -0.4 is 10.6 Å². The molecular weight excluding hydrogens is 315 g/mol. The molecule has 3 atom stereocenters. The van der Waals surface area contributed by atoms with Gasteiger partial charge in [-0.3, -0.25) is 9.59 Å². The lowest BCUT2D eigenvalue weighted by Gasteiger charge is -2.26. The maximum Gasteiger partial charge on any atom is 0.242 e. The van der Waals surface area contributed by atoms with Gasteiger partial charge in [0.25, 0.3) is 0 Å². The minimum absolute atomic E-state index is 0.125. The molecule has 0 saturated heterocycles. The van der Waals surface area contributed by atoms with Crippen LogP contribution in [-0.2, 0) is 20.7 Å². The Kier molecular flexibility index (Phi) is 7.81. The standard InChI is InChI=1S/C17H25FN2O4/c1-10(2)14(16(22)19-3)20-15(21)13(17(23)24-4)9-11-5-7-12(18)8-6-11/h5-8,10,13-14,17,23H,9H2,1-4H3,(H,19,22)(H,20,21). The van der Waals surface area contributed by atoms with Gasteiger partial charge >= 0.3 is 0 Å². The van der Waals surface area contributed by atoms with Gasteiger partial charge in [-0.2, -0.15) is 0 Å². The van der Waals surface area contributed by atoms with Crippen molar-refractivity contribution >= 4 is 11.8 Å². The van der Waals surface area contributed by atoms with Gasteiger partial charge in [-0.25, -0.2) is 4.39 Å². The highest BCUT2D eigenvalue weighted by Crippen LogP contribution is 2.16. The van der Waals surface area contributed by atoms with Crippen molar-refractivity contribution in [3.05, 3.63) is 35.6 Å². The summed E-state index contributed by atoms with van der Waals surface area (Å²) in [5, 5.41) is 15.1. The molecule has 0 aromatic heterocycles. The number of aliphatic hydroxyl groups excluding tert-OH is 1. The van der Waals surface area contributed by atoms with E-state index < -0.39 is 24.2 Å². The van der Waals surface area contributed by atoms with E-state index in [-0.39, 0.29) is 24.1 Å². The number of amides is 2. The maximum atomic E-state index is 13.0. The number of methoxy groups -OCH3 is 1. The fourth-order valence-electron chi connectivity index (χ4n) is 2.31. The molecule has 0 heterocycles. The number of carbonyl (C=O) groups excluding carboxylic acids is 2. The Morgan fingerprint density at radius 1 is 1.21 bits per heavy atom. The van der Waals surface area contributed by atoms with Gasteiger partial charge in [0.1, 0.15) is 11.9 Å². The number of hydrogen-bond acceptors (Lipinski definition) is 4. The van der Waals surface area contributed by atoms with Gasteiger partial charge in [-0.05, 0) is 30.0 Å². The molecule has 1 rings (SSSR count). The molecule has 6 nitrogen and oxygen atoms in total. The molecule has 3 unspecified atom stereocenters. The number of rotatable bonds is 8. The lowest BCUT2D eigenvalue weighted by atomic mass is 9.96. The van der Waals surface area contributed by atoms with Crippen LogP contribution >= 0.6 is 0 Å². The normalized spacial score (nSPS) is 14.8. The molecule has 0 saturated carbocycles. The zero-order chi connectivity index (χ0) is 18.3. The van der Waals surface area contributed by atoms with Crippen molar-refractivity contribution in [2.45, 2.75) is 32.6 Å². The predicted molar refractivity (Wildman–Crippen MR) is 87.4 cm³/mol. The average molecular weight is 340 g/mol. The van der Waals surface area contributed by atoms with Crippen molar-refractivity contribution in [2.75, 3.05) is 14.2 Å². The molecule has 1 aromatic carbocycles. The number of nitrogens with one attached hydrogen (secondary N) is 2. The number of ether oxygens (including phenoxy) is 1. The smallest absolute Gasteiger partial charge is 0.242 e. The lowest BCUT2D eigenvalue weighted by Crippen LogP contribution is -2.52. The van der Waals surface area contributed by atoms with Gasteiger partial charge in [0, 0.05) is 14.2 Å². The topological polar surface area (TPSA) is 87.7 Å². The van der Waals surface area contributed by atoms with E-state index >= 15 is 0 Å². The van der Waals surface area contributed by atoms with Crippen molar-refractivity contribution in [1.82, 2.24) is 10.6 Å². The third-order valence-electron chi connectivity index (χ3n) is 3.78. The summed E-state index contributed by atoms with van der Waals surface area (Å²) in [6, 6.07) is 4.92. The van der Waals surface area contributed by atoms with Crippen LogP contribution in [0, 0.1) is 17.7 Å². The third-order valence-corrected chi connectivity index (χ3v) is 3.78. The molecule has 7 heteroatoms. The van der Waals surface area contributed by atoms with E-state index in [1.165, 1.54) is 38.4 Å². The first-order chi connectivity index (χ1) is 11.3. The quantitative estimate of drug-likeness (QED) is 0.612. The summed E-state index contributed by atoms with van der Waals surface area (Å²) in [5.74, 6) is -2.25. The minimum atomic E-state index is -1.34. The van der Waals surface area contributed by atoms with Crippen LogP contribution in [-0.4, -0.2) is 43.4 Å². The van der Waals surface area contributed by atoms with Crippen molar-refractivity contribution in [3.8, 4) is 0 Å². The molecule has 3 N–H and O–H groups in total. The van der Waals surface area contributed by atoms with E-state index in [0.717, 1.165) is 0 Å². The molecular formula is C17H25FN2O4. The van der Waals surface area contributed by atoms with E-state index in [9.17, 15) is 19.1 Å². The summed E-state index contributed by atoms with van der Waals surface area (Å²) >= 11 is 0. The van der Waals surface area contributed by atoms with Gasteiger partial charge in [-0.1, -0.05) is 26.0 Å². The molecule has 24 heavy (non-hydrogen) atoms. The van der Waals surface area contributed by atoms with Crippen LogP contribution in [0.1, 0.15) is 19.4 Å². The summed E-state index contributed by atoms with van der Waals surface area (Å²) in [4.78, 5) is 24.4. The molecule has 2 amide bonds. The van der Waals surface area contributed by atoms with Crippen molar-refractivity contribution in [1.29, 1.82) is 0 Å². The van der Waals surface area contributed by atoms with Crippen LogP contribution in [0.15, 0.2) is 24.3 Å². The first-order valence-electron chi connectivity index (χ1n) is 7.77. The average Bonchev–Trinajstić information content (AvgIpc) is 2.57. The number of halogens is 1. The van der Waals surface area contributed by atoms with E-state index in [1.54, 1.807) is 0 Å². The Hall–Kier alpha value is -1.99. The molecule has 0 aliphatic carbocycles. The van der Waals surface area contributed by atoms with Gasteiger partial charge < -0.3 is 20.5 Å². The highest BCUT2D eigenvalue weighted by Gasteiger charge is 2.31. The number of aliphatic hydroxyl groups is 1. The van der Waals surface area contributed by atoms with Crippen molar-refractivity contribution < 1.29 is 23.8 Å². The number of hydrogen-bond donors (Lipinski definition) is 3. The Labute approximate surface area is 141 Å². The summed E-state index contributed by atoms with van der Waals surface area (Å²) < 4.78 is 17.9. The SMILES string of the molecule is CNC(=O)C(NC(=O)C(Cc1ccc(F)cc1)C(O)OC)C(C)C. The number of benzene rings is 1. The van der Waals surface area contributed by atoms with E-state index in [4.69, 9.17) is 4.74 Å². The molecule has 0 bridgehead atoms. The van der Waals surface area contributed by atoms with Crippen LogP contribution in [0.2, 0.25) is 0 Å². The highest BCUT2D eigenvalue weighted by molar-refractivity contribution is 5.88. The fraction of sp³-hybridized carbons (Fsp3) is 0.529. The summed E-state index contributed by atoms with van der Waals surface area (Å²) in [6.07, 6.45) is -1.19. The lowest BCUT2D eigenvalue weighted by molar-refractivity contribution is -0.150. The summed E-state index contributed by atoms with van der Waals surface area (Å²) in [6.45, 7) is 3.61. The molecule has 0 fully saturated rings. The third kappa shape index (κ3) is 5.58. The largest absolute Gasteiger partial charge is 0.367 e. The zero-order valence-corrected chi connectivity index (χ0v) is 14.4. The molecule has 0 radical (unpaired) electrons. The Morgan fingerprint density at radius 3 is 2.25 bits per heavy atom. The van der Waals surface area contributed by atoms with Gasteiger partial charge in [-0.15, -0.1) is 0 Å². The predicted octanol–water partition coefficient (Wildman–Crippen LogP) is 0.836. The highest BCUT2D eigenvalue weighted by atomic mass is 19.1. The van der Waals surface area contributed by atoms with Crippen LogP contribution in [0.3, 0.4) is 0 Å². The monoisotopic (exact) mass is 340 g/mol. The summed E-state index contributed by atoms with van der Waals surface area (Å²) in [5.41, 5.74) is 0.675. The van der Waals surface area contributed by atoms with Crippen molar-refractivity contribution in [3.63, 3.8) is 0 Å². The zero-order valence-electron chi connectivity index (χ0n) is 14.4. The second-order valence-electron chi connectivity index (χ2n) is 5.91. The fourth-order valence-corrected chi connectivity index (χ4v) is 2.31. The van der Waals surface area contributed by atoms with E-state index in [0.29, 0.717) is 5.56 Å². The number of likely N-dealkylation sites (N-methyl/N-ethyl adjacent to an activating group) is 1. The first-order valence-corrected chi connectivity index (χ1v) is 7.77. The molecule has 134 valence electrons. The second kappa shape index (κ2) is 9.34. The van der Waals surface area contributed by atoms with Gasteiger partial charge in [0.2, 0.25) is 11.8 Å². The van der Waals surface area contributed by atoms with Gasteiger partial charge in [0.05, 0.1) is 5.92 Å². The second-order valence-corrected chi connectivity index (χ2v) is 5.91. The molecule has 0 spiro atoms. The molecule has 0 aliphatic heterocycles. The van der Waals surface area contributed by atoms with E-state index in [2.05, 4.69) is 10.6 Å². The molecule has 0 aliphatic rings. The Morgan fingerprint density at radius 2 is 1.79 bits per heavy atom. The molecule has 1 aromatic rings. The number of carbonyl (C=O) groups is 2.